The van der Waals surface area contributed by atoms with Crippen molar-refractivity contribution in [2.45, 2.75) is 57.0 Å². The molecule has 4 rings (SSSR count). The molecule has 3 aliphatic rings. The van der Waals surface area contributed by atoms with Crippen LogP contribution in [-0.4, -0.2) is 59.6 Å². The summed E-state index contributed by atoms with van der Waals surface area (Å²) in [5.41, 5.74) is -0.174. The fourth-order valence-electron chi connectivity index (χ4n) is 5.26. The molecule has 1 aromatic rings. The number of benzene rings is 1. The van der Waals surface area contributed by atoms with Gasteiger partial charge in [0.1, 0.15) is 11.8 Å². The summed E-state index contributed by atoms with van der Waals surface area (Å²) in [6.07, 6.45) is 3.79. The third-order valence-electron chi connectivity index (χ3n) is 6.73. The molecule has 1 saturated carbocycles. The molecular formula is C22H27N3O6. The first-order valence-corrected chi connectivity index (χ1v) is 10.6. The number of rotatable bonds is 6. The Balaban J connectivity index is 1.56. The van der Waals surface area contributed by atoms with E-state index in [9.17, 15) is 24.3 Å². The maximum Gasteiger partial charge on any atom is 0.329 e. The van der Waals surface area contributed by atoms with Crippen LogP contribution in [0.2, 0.25) is 0 Å². The van der Waals surface area contributed by atoms with Crippen LogP contribution in [0, 0.1) is 5.41 Å². The lowest BCUT2D eigenvalue weighted by molar-refractivity contribution is -0.143. The minimum absolute atomic E-state index is 0.0404. The number of aliphatic carboxylic acids is 1. The number of nitrogens with zero attached hydrogens (tertiary/aromatic N) is 2. The van der Waals surface area contributed by atoms with Crippen molar-refractivity contribution in [3.63, 3.8) is 0 Å². The number of amides is 4. The maximum absolute atomic E-state index is 13.4. The highest BCUT2D eigenvalue weighted by Gasteiger charge is 2.51. The molecule has 3 fully saturated rings. The quantitative estimate of drug-likeness (QED) is 0.716. The van der Waals surface area contributed by atoms with Gasteiger partial charge in [0.25, 0.3) is 5.91 Å². The number of methoxy groups -OCH3 is 1. The monoisotopic (exact) mass is 429 g/mol. The summed E-state index contributed by atoms with van der Waals surface area (Å²) in [5, 5.41) is 12.2. The fraction of sp³-hybridized carbons (Fsp3) is 0.545. The van der Waals surface area contributed by atoms with Crippen molar-refractivity contribution in [1.82, 2.24) is 10.2 Å². The second-order valence-corrected chi connectivity index (χ2v) is 8.71. The van der Waals surface area contributed by atoms with Gasteiger partial charge in [0.05, 0.1) is 25.3 Å². The zero-order valence-electron chi connectivity index (χ0n) is 17.5. The number of anilines is 1. The molecule has 2 heterocycles. The lowest BCUT2D eigenvalue weighted by Gasteiger charge is -2.38. The Labute approximate surface area is 180 Å². The van der Waals surface area contributed by atoms with Gasteiger partial charge in [-0.15, -0.1) is 0 Å². The van der Waals surface area contributed by atoms with Crippen molar-refractivity contribution < 1.29 is 29.0 Å². The molecule has 4 amide bonds. The van der Waals surface area contributed by atoms with Crippen molar-refractivity contribution in [2.24, 2.45) is 5.41 Å². The van der Waals surface area contributed by atoms with E-state index in [0.717, 1.165) is 17.7 Å². The van der Waals surface area contributed by atoms with Crippen LogP contribution in [0.15, 0.2) is 24.3 Å². The molecule has 0 bridgehead atoms. The minimum Gasteiger partial charge on any atom is -0.497 e. The number of carbonyl (C=O) groups is 4. The Hall–Kier alpha value is -3.10. The molecule has 0 radical (unpaired) electrons. The fourth-order valence-corrected chi connectivity index (χ4v) is 5.26. The average molecular weight is 429 g/mol. The number of carboxylic acids is 1. The lowest BCUT2D eigenvalue weighted by atomic mass is 9.79. The Morgan fingerprint density at radius 2 is 1.97 bits per heavy atom. The molecule has 31 heavy (non-hydrogen) atoms. The molecule has 166 valence electrons. The first kappa shape index (κ1) is 21.1. The van der Waals surface area contributed by atoms with Gasteiger partial charge in [0.2, 0.25) is 5.91 Å². The first-order valence-electron chi connectivity index (χ1n) is 10.6. The van der Waals surface area contributed by atoms with Crippen molar-refractivity contribution in [2.75, 3.05) is 18.6 Å². The number of ether oxygens (including phenoxy) is 1. The van der Waals surface area contributed by atoms with Crippen molar-refractivity contribution in [3.05, 3.63) is 24.3 Å². The van der Waals surface area contributed by atoms with E-state index in [1.54, 1.807) is 24.3 Å². The Bertz CT molecular complexity index is 910. The lowest BCUT2D eigenvalue weighted by Crippen LogP contribution is -2.65. The molecule has 9 heteroatoms. The van der Waals surface area contributed by atoms with E-state index >= 15 is 0 Å². The van der Waals surface area contributed by atoms with Crippen molar-refractivity contribution >= 4 is 29.5 Å². The zero-order chi connectivity index (χ0) is 22.2. The normalized spacial score (nSPS) is 24.7. The van der Waals surface area contributed by atoms with Crippen LogP contribution in [0.3, 0.4) is 0 Å². The molecule has 1 aliphatic carbocycles. The van der Waals surface area contributed by atoms with Crippen LogP contribution in [0.1, 0.15) is 44.9 Å². The van der Waals surface area contributed by atoms with Crippen LogP contribution in [0.4, 0.5) is 10.5 Å². The summed E-state index contributed by atoms with van der Waals surface area (Å²) in [5.74, 6) is -1.06. The highest BCUT2D eigenvalue weighted by Crippen LogP contribution is 2.45. The van der Waals surface area contributed by atoms with Gasteiger partial charge in [-0.2, -0.15) is 0 Å². The highest BCUT2D eigenvalue weighted by molar-refractivity contribution is 6.19. The van der Waals surface area contributed by atoms with Gasteiger partial charge in [-0.1, -0.05) is 18.9 Å². The van der Waals surface area contributed by atoms with Crippen LogP contribution < -0.4 is 15.0 Å². The first-order chi connectivity index (χ1) is 14.8. The third-order valence-corrected chi connectivity index (χ3v) is 6.73. The van der Waals surface area contributed by atoms with Gasteiger partial charge in [0, 0.05) is 19.0 Å². The summed E-state index contributed by atoms with van der Waals surface area (Å²) in [6.45, 7) is 0.356. The Morgan fingerprint density at radius 3 is 2.65 bits per heavy atom. The van der Waals surface area contributed by atoms with Gasteiger partial charge in [0.15, 0.2) is 0 Å². The van der Waals surface area contributed by atoms with Gasteiger partial charge in [-0.3, -0.25) is 14.4 Å². The number of carbonyl (C=O) groups excluding carboxylic acids is 3. The smallest absolute Gasteiger partial charge is 0.329 e. The van der Waals surface area contributed by atoms with E-state index in [2.05, 4.69) is 5.32 Å². The van der Waals surface area contributed by atoms with Crippen molar-refractivity contribution in [1.29, 1.82) is 0 Å². The van der Waals surface area contributed by atoms with Gasteiger partial charge in [-0.25, -0.2) is 9.69 Å². The second kappa shape index (κ2) is 8.20. The summed E-state index contributed by atoms with van der Waals surface area (Å²) in [4.78, 5) is 53.2. The molecule has 2 aliphatic heterocycles. The predicted octanol–water partition coefficient (Wildman–Crippen LogP) is 2.15. The van der Waals surface area contributed by atoms with Crippen LogP contribution >= 0.6 is 0 Å². The molecule has 9 nitrogen and oxygen atoms in total. The van der Waals surface area contributed by atoms with Crippen LogP contribution in [0.5, 0.6) is 5.75 Å². The molecule has 2 saturated heterocycles. The largest absolute Gasteiger partial charge is 0.497 e. The number of urea groups is 1. The van der Waals surface area contributed by atoms with Gasteiger partial charge in [-0.05, 0) is 36.8 Å². The summed E-state index contributed by atoms with van der Waals surface area (Å²) in [6, 6.07) is 4.89. The number of hydrogen-bond acceptors (Lipinski definition) is 5. The predicted molar refractivity (Wildman–Crippen MR) is 111 cm³/mol. The second-order valence-electron chi connectivity index (χ2n) is 8.71. The van der Waals surface area contributed by atoms with Crippen LogP contribution in [0.25, 0.3) is 0 Å². The van der Waals surface area contributed by atoms with Crippen molar-refractivity contribution in [3.8, 4) is 5.75 Å². The number of nitrogens with one attached hydrogen (secondary N) is 1. The van der Waals surface area contributed by atoms with E-state index in [1.807, 2.05) is 0 Å². The Morgan fingerprint density at radius 1 is 1.23 bits per heavy atom. The van der Waals surface area contributed by atoms with E-state index in [4.69, 9.17) is 4.74 Å². The topological polar surface area (TPSA) is 116 Å². The standard InChI is InChI=1S/C22H27N3O6/c1-31-15-6-4-5-14(11-15)25-20(29)19-16(23-21(25)30)7-10-24(19)17(26)12-22(13-18(27)28)8-2-3-9-22/h4-6,11,16,19H,2-3,7-10,12-13H2,1H3,(H,23,30)(H,27,28). The van der Waals surface area contributed by atoms with E-state index in [-0.39, 0.29) is 18.7 Å². The number of likely N-dealkylation sites (tertiary alicyclic amines) is 1. The Kier molecular flexibility index (Phi) is 5.60. The zero-order valence-corrected chi connectivity index (χ0v) is 17.5. The number of carboxylic acid groups (broad SMARTS) is 1. The minimum atomic E-state index is -0.904. The molecule has 2 atom stereocenters. The molecule has 2 unspecified atom stereocenters. The molecule has 1 aromatic carbocycles. The SMILES string of the molecule is COc1cccc(N2C(=O)NC3CCN(C(=O)CC4(CC(=O)O)CCCC4)C3C2=O)c1. The summed E-state index contributed by atoms with van der Waals surface area (Å²) >= 11 is 0. The average Bonchev–Trinajstić information content (AvgIpc) is 3.35. The van der Waals surface area contributed by atoms with E-state index in [0.29, 0.717) is 37.2 Å². The third kappa shape index (κ3) is 3.96. The molecule has 0 spiro atoms. The van der Waals surface area contributed by atoms with Gasteiger partial charge >= 0.3 is 12.0 Å². The summed E-state index contributed by atoms with van der Waals surface area (Å²) in [7, 11) is 1.50. The number of fused-ring (bicyclic) bond motifs is 1. The van der Waals surface area contributed by atoms with E-state index < -0.39 is 35.4 Å². The number of hydrogen-bond donors (Lipinski definition) is 2. The maximum atomic E-state index is 13.4. The molecule has 2 N–H and O–H groups in total. The molecule has 0 aromatic heterocycles. The number of imide groups is 1. The highest BCUT2D eigenvalue weighted by atomic mass is 16.5. The van der Waals surface area contributed by atoms with Crippen LogP contribution in [-0.2, 0) is 14.4 Å². The van der Waals surface area contributed by atoms with Gasteiger partial charge < -0.3 is 20.1 Å². The van der Waals surface area contributed by atoms with E-state index in [1.165, 1.54) is 12.0 Å². The summed E-state index contributed by atoms with van der Waals surface area (Å²) < 4.78 is 5.20. The molecular weight excluding hydrogens is 402 g/mol.